The summed E-state index contributed by atoms with van der Waals surface area (Å²) in [6, 6.07) is 12.2. The zero-order valence-electron chi connectivity index (χ0n) is 13.3. The highest BCUT2D eigenvalue weighted by Gasteiger charge is 2.11. The van der Waals surface area contributed by atoms with E-state index in [0.717, 1.165) is 56.6 Å². The van der Waals surface area contributed by atoms with Gasteiger partial charge in [0.25, 0.3) is 0 Å². The van der Waals surface area contributed by atoms with Crippen LogP contribution in [0.5, 0.6) is 0 Å². The van der Waals surface area contributed by atoms with Gasteiger partial charge in [0.15, 0.2) is 0 Å². The maximum Gasteiger partial charge on any atom is 0.307 e. The SMILES string of the molecule is O=C(O)Cc1ccc(CCCN2CCOCC2)c2ccccc12. The van der Waals surface area contributed by atoms with Gasteiger partial charge in [-0.3, -0.25) is 9.69 Å². The monoisotopic (exact) mass is 313 g/mol. The first-order valence-electron chi connectivity index (χ1n) is 8.25. The third-order valence-corrected chi connectivity index (χ3v) is 4.47. The van der Waals surface area contributed by atoms with Crippen molar-refractivity contribution in [2.45, 2.75) is 19.3 Å². The molecule has 122 valence electrons. The molecule has 0 aliphatic carbocycles. The van der Waals surface area contributed by atoms with Gasteiger partial charge in [0.1, 0.15) is 0 Å². The Balaban J connectivity index is 1.72. The summed E-state index contributed by atoms with van der Waals surface area (Å²) in [5.41, 5.74) is 2.20. The summed E-state index contributed by atoms with van der Waals surface area (Å²) >= 11 is 0. The van der Waals surface area contributed by atoms with Gasteiger partial charge in [-0.2, -0.15) is 0 Å². The van der Waals surface area contributed by atoms with Gasteiger partial charge >= 0.3 is 5.97 Å². The molecule has 0 amide bonds. The number of carboxylic acid groups (broad SMARTS) is 1. The lowest BCUT2D eigenvalue weighted by Crippen LogP contribution is -2.36. The van der Waals surface area contributed by atoms with Crippen LogP contribution in [0.15, 0.2) is 36.4 Å². The molecule has 2 aromatic rings. The third-order valence-electron chi connectivity index (χ3n) is 4.47. The zero-order valence-corrected chi connectivity index (χ0v) is 13.3. The number of aliphatic carboxylic acids is 1. The molecular weight excluding hydrogens is 290 g/mol. The van der Waals surface area contributed by atoms with Crippen molar-refractivity contribution in [1.29, 1.82) is 0 Å². The van der Waals surface area contributed by atoms with Crippen molar-refractivity contribution in [3.05, 3.63) is 47.5 Å². The number of hydrogen-bond acceptors (Lipinski definition) is 3. The molecule has 4 nitrogen and oxygen atoms in total. The summed E-state index contributed by atoms with van der Waals surface area (Å²) in [6.07, 6.45) is 2.21. The standard InChI is InChI=1S/C19H23NO3/c21-19(22)14-16-8-7-15(17-5-1-2-6-18(16)17)4-3-9-20-10-12-23-13-11-20/h1-2,5-8H,3-4,9-14H2,(H,21,22). The lowest BCUT2D eigenvalue weighted by molar-refractivity contribution is -0.136. The van der Waals surface area contributed by atoms with Crippen LogP contribution in [0.4, 0.5) is 0 Å². The van der Waals surface area contributed by atoms with E-state index in [0.29, 0.717) is 0 Å². The summed E-state index contributed by atoms with van der Waals surface area (Å²) in [5, 5.41) is 11.3. The summed E-state index contributed by atoms with van der Waals surface area (Å²) in [5.74, 6) is -0.782. The van der Waals surface area contributed by atoms with E-state index in [1.165, 1.54) is 10.9 Å². The molecule has 4 heteroatoms. The fourth-order valence-corrected chi connectivity index (χ4v) is 3.28. The predicted molar refractivity (Wildman–Crippen MR) is 90.9 cm³/mol. The summed E-state index contributed by atoms with van der Waals surface area (Å²) in [7, 11) is 0. The quantitative estimate of drug-likeness (QED) is 0.891. The van der Waals surface area contributed by atoms with Gasteiger partial charge in [-0.1, -0.05) is 36.4 Å². The van der Waals surface area contributed by atoms with Crippen molar-refractivity contribution >= 4 is 16.7 Å². The fraction of sp³-hybridized carbons (Fsp3) is 0.421. The van der Waals surface area contributed by atoms with E-state index in [4.69, 9.17) is 9.84 Å². The molecule has 23 heavy (non-hydrogen) atoms. The zero-order chi connectivity index (χ0) is 16.1. The number of morpholine rings is 1. The van der Waals surface area contributed by atoms with Crippen molar-refractivity contribution in [2.24, 2.45) is 0 Å². The molecule has 0 atom stereocenters. The Morgan fingerprint density at radius 1 is 1.04 bits per heavy atom. The second-order valence-corrected chi connectivity index (χ2v) is 6.06. The number of rotatable bonds is 6. The first-order valence-corrected chi connectivity index (χ1v) is 8.25. The number of carbonyl (C=O) groups is 1. The van der Waals surface area contributed by atoms with E-state index in [9.17, 15) is 4.79 Å². The van der Waals surface area contributed by atoms with Gasteiger partial charge in [0, 0.05) is 13.1 Å². The molecule has 0 spiro atoms. The van der Waals surface area contributed by atoms with Crippen molar-refractivity contribution in [1.82, 2.24) is 4.90 Å². The molecule has 0 unspecified atom stereocenters. The minimum atomic E-state index is -0.782. The van der Waals surface area contributed by atoms with Crippen molar-refractivity contribution in [2.75, 3.05) is 32.8 Å². The fourth-order valence-electron chi connectivity index (χ4n) is 3.28. The molecule has 0 radical (unpaired) electrons. The van der Waals surface area contributed by atoms with Crippen LogP contribution in [-0.4, -0.2) is 48.8 Å². The van der Waals surface area contributed by atoms with E-state index >= 15 is 0 Å². The Morgan fingerprint density at radius 2 is 1.70 bits per heavy atom. The normalized spacial score (nSPS) is 15.8. The van der Waals surface area contributed by atoms with E-state index in [2.05, 4.69) is 17.0 Å². The Hall–Kier alpha value is -1.91. The third kappa shape index (κ3) is 4.09. The Kier molecular flexibility index (Phi) is 5.26. The van der Waals surface area contributed by atoms with Crippen molar-refractivity contribution in [3.8, 4) is 0 Å². The predicted octanol–water partition coefficient (Wildman–Crippen LogP) is 2.73. The minimum Gasteiger partial charge on any atom is -0.481 e. The van der Waals surface area contributed by atoms with Crippen LogP contribution in [0, 0.1) is 0 Å². The Bertz CT molecular complexity index is 677. The number of ether oxygens (including phenoxy) is 1. The highest BCUT2D eigenvalue weighted by atomic mass is 16.5. The second kappa shape index (κ2) is 7.57. The number of fused-ring (bicyclic) bond motifs is 1. The van der Waals surface area contributed by atoms with Crippen LogP contribution in [0.3, 0.4) is 0 Å². The maximum atomic E-state index is 11.0. The minimum absolute atomic E-state index is 0.0779. The van der Waals surface area contributed by atoms with Gasteiger partial charge < -0.3 is 9.84 Å². The van der Waals surface area contributed by atoms with Crippen LogP contribution in [-0.2, 0) is 22.4 Å². The number of aryl methyl sites for hydroxylation is 1. The summed E-state index contributed by atoms with van der Waals surface area (Å²) in [6.45, 7) is 4.82. The first kappa shape index (κ1) is 16.0. The van der Waals surface area contributed by atoms with E-state index in [1.54, 1.807) is 0 Å². The van der Waals surface area contributed by atoms with Crippen LogP contribution >= 0.6 is 0 Å². The highest BCUT2D eigenvalue weighted by Crippen LogP contribution is 2.24. The van der Waals surface area contributed by atoms with Crippen molar-refractivity contribution in [3.63, 3.8) is 0 Å². The largest absolute Gasteiger partial charge is 0.481 e. The van der Waals surface area contributed by atoms with Gasteiger partial charge in [-0.25, -0.2) is 0 Å². The molecule has 3 rings (SSSR count). The average molecular weight is 313 g/mol. The Labute approximate surface area is 136 Å². The molecule has 1 aliphatic heterocycles. The molecule has 0 bridgehead atoms. The summed E-state index contributed by atoms with van der Waals surface area (Å²) in [4.78, 5) is 13.5. The highest BCUT2D eigenvalue weighted by molar-refractivity contribution is 5.91. The molecule has 0 aromatic heterocycles. The van der Waals surface area contributed by atoms with E-state index in [-0.39, 0.29) is 6.42 Å². The van der Waals surface area contributed by atoms with E-state index < -0.39 is 5.97 Å². The molecule has 1 heterocycles. The lowest BCUT2D eigenvalue weighted by Gasteiger charge is -2.26. The maximum absolute atomic E-state index is 11.0. The van der Waals surface area contributed by atoms with Gasteiger partial charge in [0.05, 0.1) is 19.6 Å². The molecule has 0 saturated carbocycles. The van der Waals surface area contributed by atoms with Gasteiger partial charge in [-0.05, 0) is 41.3 Å². The molecule has 1 saturated heterocycles. The van der Waals surface area contributed by atoms with Crippen molar-refractivity contribution < 1.29 is 14.6 Å². The van der Waals surface area contributed by atoms with Crippen LogP contribution in [0.25, 0.3) is 10.8 Å². The number of carboxylic acids is 1. The van der Waals surface area contributed by atoms with Crippen LogP contribution in [0.2, 0.25) is 0 Å². The molecule has 1 aliphatic rings. The van der Waals surface area contributed by atoms with Gasteiger partial charge in [-0.15, -0.1) is 0 Å². The number of hydrogen-bond donors (Lipinski definition) is 1. The Morgan fingerprint density at radius 3 is 2.39 bits per heavy atom. The summed E-state index contributed by atoms with van der Waals surface area (Å²) < 4.78 is 5.38. The molecule has 1 fully saturated rings. The number of nitrogens with zero attached hydrogens (tertiary/aromatic N) is 1. The molecule has 1 N–H and O–H groups in total. The average Bonchev–Trinajstić information content (AvgIpc) is 2.57. The van der Waals surface area contributed by atoms with Gasteiger partial charge in [0.2, 0.25) is 0 Å². The first-order chi connectivity index (χ1) is 11.2. The van der Waals surface area contributed by atoms with Crippen LogP contribution < -0.4 is 0 Å². The molecule has 2 aromatic carbocycles. The smallest absolute Gasteiger partial charge is 0.307 e. The van der Waals surface area contributed by atoms with Crippen LogP contribution in [0.1, 0.15) is 17.5 Å². The second-order valence-electron chi connectivity index (χ2n) is 6.06. The van der Waals surface area contributed by atoms with E-state index in [1.807, 2.05) is 24.3 Å². The topological polar surface area (TPSA) is 49.8 Å². The lowest BCUT2D eigenvalue weighted by atomic mass is 9.95. The molecular formula is C19H23NO3. The number of benzene rings is 2.